The highest BCUT2D eigenvalue weighted by molar-refractivity contribution is 5.05. The van der Waals surface area contributed by atoms with Crippen LogP contribution in [0.1, 0.15) is 33.1 Å². The van der Waals surface area contributed by atoms with E-state index in [0.29, 0.717) is 16.9 Å². The van der Waals surface area contributed by atoms with Crippen molar-refractivity contribution >= 4 is 0 Å². The molecule has 2 rings (SSSR count). The maximum Gasteiger partial charge on any atom is 0.0171 e. The molecule has 2 fully saturated rings. The van der Waals surface area contributed by atoms with Gasteiger partial charge < -0.3 is 11.1 Å². The molecule has 0 amide bonds. The average Bonchev–Trinajstić information content (AvgIpc) is 1.97. The third-order valence-corrected chi connectivity index (χ3v) is 4.06. The number of nitrogens with one attached hydrogen (secondary N) is 1. The van der Waals surface area contributed by atoms with E-state index in [1.807, 2.05) is 0 Å². The molecule has 2 nitrogen and oxygen atoms in total. The van der Waals surface area contributed by atoms with Crippen LogP contribution in [0.3, 0.4) is 0 Å². The molecule has 0 aromatic rings. The smallest absolute Gasteiger partial charge is 0.0171 e. The highest BCUT2D eigenvalue weighted by atomic mass is 15.0. The predicted molar refractivity (Wildman–Crippen MR) is 50.9 cm³/mol. The Bertz CT molecular complexity index is 160. The minimum absolute atomic E-state index is 0.366. The van der Waals surface area contributed by atoms with Crippen molar-refractivity contribution in [3.63, 3.8) is 0 Å². The van der Waals surface area contributed by atoms with Gasteiger partial charge in [0.2, 0.25) is 0 Å². The van der Waals surface area contributed by atoms with Gasteiger partial charge in [-0.25, -0.2) is 0 Å². The zero-order chi connectivity index (χ0) is 8.82. The molecule has 1 saturated carbocycles. The molecule has 0 radical (unpaired) electrons. The predicted octanol–water partition coefficient (Wildman–Crippen LogP) is 1.11. The molecule has 2 bridgehead atoms. The van der Waals surface area contributed by atoms with Crippen molar-refractivity contribution in [2.75, 3.05) is 13.1 Å². The van der Waals surface area contributed by atoms with Gasteiger partial charge in [0, 0.05) is 19.1 Å². The van der Waals surface area contributed by atoms with E-state index < -0.39 is 0 Å². The van der Waals surface area contributed by atoms with Crippen molar-refractivity contribution in [1.29, 1.82) is 0 Å². The molecular formula is C10H20N2. The molecule has 1 aliphatic heterocycles. The molecule has 1 aliphatic carbocycles. The number of fused-ring (bicyclic) bond motifs is 2. The summed E-state index contributed by atoms with van der Waals surface area (Å²) in [7, 11) is 0. The molecule has 0 aromatic carbocycles. The van der Waals surface area contributed by atoms with E-state index in [4.69, 9.17) is 5.73 Å². The molecule has 70 valence electrons. The molecule has 2 heteroatoms. The van der Waals surface area contributed by atoms with Gasteiger partial charge in [-0.2, -0.15) is 0 Å². The zero-order valence-electron chi connectivity index (χ0n) is 8.19. The van der Waals surface area contributed by atoms with Crippen LogP contribution in [0.4, 0.5) is 0 Å². The van der Waals surface area contributed by atoms with E-state index in [2.05, 4.69) is 19.2 Å². The Hall–Kier alpha value is -0.0800. The van der Waals surface area contributed by atoms with Gasteiger partial charge in [0.05, 0.1) is 0 Å². The Balaban J connectivity index is 2.27. The van der Waals surface area contributed by atoms with E-state index in [9.17, 15) is 0 Å². The summed E-state index contributed by atoms with van der Waals surface area (Å²) in [5.74, 6) is 0. The fourth-order valence-electron chi connectivity index (χ4n) is 3.08. The molecule has 1 saturated heterocycles. The highest BCUT2D eigenvalue weighted by Crippen LogP contribution is 2.46. The summed E-state index contributed by atoms with van der Waals surface area (Å²) in [6, 6.07) is 0.403. The lowest BCUT2D eigenvalue weighted by atomic mass is 9.58. The van der Waals surface area contributed by atoms with Crippen molar-refractivity contribution in [2.45, 2.75) is 39.2 Å². The summed E-state index contributed by atoms with van der Waals surface area (Å²) >= 11 is 0. The number of rotatable bonds is 0. The van der Waals surface area contributed by atoms with Gasteiger partial charge in [-0.05, 0) is 23.7 Å². The Kier molecular flexibility index (Phi) is 1.74. The lowest BCUT2D eigenvalue weighted by Gasteiger charge is -2.54. The Labute approximate surface area is 74.9 Å². The quantitative estimate of drug-likeness (QED) is 0.568. The summed E-state index contributed by atoms with van der Waals surface area (Å²) in [5.41, 5.74) is 7.05. The topological polar surface area (TPSA) is 38.0 Å². The van der Waals surface area contributed by atoms with Crippen LogP contribution in [0.25, 0.3) is 0 Å². The van der Waals surface area contributed by atoms with Crippen LogP contribution in [0, 0.1) is 10.8 Å². The Morgan fingerprint density at radius 3 is 2.08 bits per heavy atom. The SMILES string of the molecule is CC12CCCC(C)(CNC1)C2N. The molecule has 2 atom stereocenters. The Morgan fingerprint density at radius 2 is 1.67 bits per heavy atom. The first-order chi connectivity index (χ1) is 5.57. The maximum atomic E-state index is 6.31. The molecule has 2 aliphatic rings. The van der Waals surface area contributed by atoms with Crippen LogP contribution in [-0.4, -0.2) is 19.1 Å². The number of piperidine rings is 1. The Morgan fingerprint density at radius 1 is 1.17 bits per heavy atom. The molecule has 12 heavy (non-hydrogen) atoms. The van der Waals surface area contributed by atoms with Crippen molar-refractivity contribution in [3.8, 4) is 0 Å². The number of nitrogens with two attached hydrogens (primary N) is 1. The van der Waals surface area contributed by atoms with E-state index in [1.54, 1.807) is 0 Å². The highest BCUT2D eigenvalue weighted by Gasteiger charge is 2.49. The van der Waals surface area contributed by atoms with Crippen LogP contribution >= 0.6 is 0 Å². The minimum atomic E-state index is 0.366. The van der Waals surface area contributed by atoms with Gasteiger partial charge in [0.15, 0.2) is 0 Å². The van der Waals surface area contributed by atoms with Gasteiger partial charge in [-0.3, -0.25) is 0 Å². The van der Waals surface area contributed by atoms with Crippen LogP contribution in [0.2, 0.25) is 0 Å². The standard InChI is InChI=1S/C10H20N2/c1-9-4-3-5-10(2,8(9)11)7-12-6-9/h8,12H,3-7,11H2,1-2H3. The monoisotopic (exact) mass is 168 g/mol. The second kappa shape index (κ2) is 2.46. The first-order valence-electron chi connectivity index (χ1n) is 5.03. The summed E-state index contributed by atoms with van der Waals surface area (Å²) in [6.07, 6.45) is 3.97. The summed E-state index contributed by atoms with van der Waals surface area (Å²) in [6.45, 7) is 6.90. The van der Waals surface area contributed by atoms with E-state index >= 15 is 0 Å². The first kappa shape index (κ1) is 8.52. The van der Waals surface area contributed by atoms with E-state index in [0.717, 1.165) is 13.1 Å². The number of hydrogen-bond donors (Lipinski definition) is 2. The maximum absolute atomic E-state index is 6.31. The molecule has 3 N–H and O–H groups in total. The molecular weight excluding hydrogens is 148 g/mol. The summed E-state index contributed by atoms with van der Waals surface area (Å²) in [5, 5.41) is 3.52. The first-order valence-corrected chi connectivity index (χ1v) is 5.03. The average molecular weight is 168 g/mol. The molecule has 0 aromatic heterocycles. The van der Waals surface area contributed by atoms with Crippen molar-refractivity contribution in [3.05, 3.63) is 0 Å². The lowest BCUT2D eigenvalue weighted by molar-refractivity contribution is 0.0124. The zero-order valence-corrected chi connectivity index (χ0v) is 8.19. The molecule has 2 unspecified atom stereocenters. The van der Waals surface area contributed by atoms with E-state index in [1.165, 1.54) is 19.3 Å². The second-order valence-corrected chi connectivity index (χ2v) is 5.24. The summed E-state index contributed by atoms with van der Waals surface area (Å²) in [4.78, 5) is 0. The minimum Gasteiger partial charge on any atom is -0.327 e. The van der Waals surface area contributed by atoms with Crippen LogP contribution in [0.5, 0.6) is 0 Å². The van der Waals surface area contributed by atoms with Crippen molar-refractivity contribution in [2.24, 2.45) is 16.6 Å². The van der Waals surface area contributed by atoms with Crippen LogP contribution < -0.4 is 11.1 Å². The third-order valence-electron chi connectivity index (χ3n) is 4.06. The van der Waals surface area contributed by atoms with Gasteiger partial charge in [0.1, 0.15) is 0 Å². The largest absolute Gasteiger partial charge is 0.327 e. The van der Waals surface area contributed by atoms with Gasteiger partial charge in [0.25, 0.3) is 0 Å². The third kappa shape index (κ3) is 1.01. The van der Waals surface area contributed by atoms with Gasteiger partial charge in [-0.15, -0.1) is 0 Å². The van der Waals surface area contributed by atoms with Crippen molar-refractivity contribution < 1.29 is 0 Å². The fourth-order valence-corrected chi connectivity index (χ4v) is 3.08. The van der Waals surface area contributed by atoms with Crippen LogP contribution in [0.15, 0.2) is 0 Å². The molecule has 1 heterocycles. The number of hydrogen-bond acceptors (Lipinski definition) is 2. The van der Waals surface area contributed by atoms with Crippen LogP contribution in [-0.2, 0) is 0 Å². The van der Waals surface area contributed by atoms with Gasteiger partial charge >= 0.3 is 0 Å². The summed E-state index contributed by atoms with van der Waals surface area (Å²) < 4.78 is 0. The van der Waals surface area contributed by atoms with Gasteiger partial charge in [-0.1, -0.05) is 20.3 Å². The normalized spacial score (nSPS) is 53.8. The molecule has 0 spiro atoms. The second-order valence-electron chi connectivity index (χ2n) is 5.24. The van der Waals surface area contributed by atoms with Crippen molar-refractivity contribution in [1.82, 2.24) is 5.32 Å². The lowest BCUT2D eigenvalue weighted by Crippen LogP contribution is -2.64. The fraction of sp³-hybridized carbons (Fsp3) is 1.00. The van der Waals surface area contributed by atoms with E-state index in [-0.39, 0.29) is 0 Å².